The van der Waals surface area contributed by atoms with E-state index in [0.29, 0.717) is 30.0 Å². The molecule has 6 rings (SSSR count). The van der Waals surface area contributed by atoms with E-state index in [1.165, 1.54) is 0 Å². The molecular formula is C30H28N2O4. The predicted molar refractivity (Wildman–Crippen MR) is 138 cm³/mol. The maximum absolute atomic E-state index is 13.2. The SMILES string of the molecule is O=C1/C(=C/C2=CCc3c(OCc4ccccc4)cccc32)Oc2c1ccc(O)c2CN1CCNCC1. The summed E-state index contributed by atoms with van der Waals surface area (Å²) < 4.78 is 12.3. The highest BCUT2D eigenvalue weighted by molar-refractivity contribution is 6.14. The Kier molecular flexibility index (Phi) is 6.05. The van der Waals surface area contributed by atoms with E-state index >= 15 is 0 Å². The highest BCUT2D eigenvalue weighted by Crippen LogP contribution is 2.42. The number of allylic oxidation sites excluding steroid dienone is 4. The van der Waals surface area contributed by atoms with Gasteiger partial charge in [0.25, 0.3) is 0 Å². The fourth-order valence-corrected chi connectivity index (χ4v) is 5.06. The largest absolute Gasteiger partial charge is 0.507 e. The average Bonchev–Trinajstić information content (AvgIpc) is 3.47. The smallest absolute Gasteiger partial charge is 0.231 e. The lowest BCUT2D eigenvalue weighted by molar-refractivity contribution is 0.101. The van der Waals surface area contributed by atoms with Gasteiger partial charge >= 0.3 is 0 Å². The quantitative estimate of drug-likeness (QED) is 0.507. The van der Waals surface area contributed by atoms with Gasteiger partial charge < -0.3 is 19.9 Å². The van der Waals surface area contributed by atoms with Gasteiger partial charge in [-0.25, -0.2) is 0 Å². The number of nitrogens with zero attached hydrogens (tertiary/aromatic N) is 1. The first-order chi connectivity index (χ1) is 17.7. The molecule has 0 aromatic heterocycles. The molecule has 0 bridgehead atoms. The summed E-state index contributed by atoms with van der Waals surface area (Å²) in [5.74, 6) is 1.62. The Morgan fingerprint density at radius 1 is 1.00 bits per heavy atom. The van der Waals surface area contributed by atoms with Crippen LogP contribution in [0, 0.1) is 0 Å². The third kappa shape index (κ3) is 4.30. The minimum absolute atomic E-state index is 0.155. The molecule has 0 unspecified atom stereocenters. The molecule has 0 atom stereocenters. The summed E-state index contributed by atoms with van der Waals surface area (Å²) in [6.45, 7) is 4.64. The van der Waals surface area contributed by atoms with Gasteiger partial charge in [0, 0.05) is 38.3 Å². The Morgan fingerprint density at radius 3 is 2.67 bits per heavy atom. The van der Waals surface area contributed by atoms with Crippen LogP contribution in [0.1, 0.15) is 32.6 Å². The second kappa shape index (κ2) is 9.64. The number of benzene rings is 3. The van der Waals surface area contributed by atoms with Crippen molar-refractivity contribution in [3.63, 3.8) is 0 Å². The molecule has 1 aliphatic carbocycles. The molecule has 0 saturated carbocycles. The minimum Gasteiger partial charge on any atom is -0.507 e. The highest BCUT2D eigenvalue weighted by Gasteiger charge is 2.32. The maximum atomic E-state index is 13.2. The number of ketones is 1. The molecule has 0 amide bonds. The molecule has 182 valence electrons. The Balaban J connectivity index is 1.23. The van der Waals surface area contributed by atoms with E-state index in [9.17, 15) is 9.90 Å². The zero-order chi connectivity index (χ0) is 24.5. The maximum Gasteiger partial charge on any atom is 0.231 e. The van der Waals surface area contributed by atoms with Crippen LogP contribution < -0.4 is 14.8 Å². The van der Waals surface area contributed by atoms with Crippen LogP contribution in [0.5, 0.6) is 17.2 Å². The predicted octanol–water partition coefficient (Wildman–Crippen LogP) is 4.48. The summed E-state index contributed by atoms with van der Waals surface area (Å²) in [6, 6.07) is 19.4. The van der Waals surface area contributed by atoms with Crippen molar-refractivity contribution >= 4 is 11.4 Å². The van der Waals surface area contributed by atoms with Gasteiger partial charge in [-0.05, 0) is 47.4 Å². The molecule has 3 aromatic carbocycles. The molecule has 2 aliphatic heterocycles. The van der Waals surface area contributed by atoms with Crippen LogP contribution in [0.15, 0.2) is 78.6 Å². The number of Topliss-reactive ketones (excluding diaryl/α,β-unsaturated/α-hetero) is 1. The molecule has 2 heterocycles. The van der Waals surface area contributed by atoms with E-state index in [-0.39, 0.29) is 17.3 Å². The standard InChI is InChI=1S/C30H28N2O4/c33-26-12-11-24-29(34)28(36-30(24)25(26)18-32-15-13-31-14-16-32)17-21-9-10-23-22(21)7-4-8-27(23)35-19-20-5-2-1-3-6-20/h1-9,11-12,17,31,33H,10,13-16,18-19H2/b28-17-. The molecule has 0 spiro atoms. The summed E-state index contributed by atoms with van der Waals surface area (Å²) in [5.41, 5.74) is 5.39. The number of rotatable bonds is 6. The number of phenolic OH excluding ortho intramolecular Hbond substituents is 1. The number of ether oxygens (including phenoxy) is 2. The van der Waals surface area contributed by atoms with Crippen LogP contribution in [-0.4, -0.2) is 42.0 Å². The summed E-state index contributed by atoms with van der Waals surface area (Å²) >= 11 is 0. The molecule has 3 aliphatic rings. The second-order valence-corrected chi connectivity index (χ2v) is 9.33. The second-order valence-electron chi connectivity index (χ2n) is 9.33. The fourth-order valence-electron chi connectivity index (χ4n) is 5.06. The van der Waals surface area contributed by atoms with Crippen molar-refractivity contribution < 1.29 is 19.4 Å². The summed E-state index contributed by atoms with van der Waals surface area (Å²) in [5, 5.41) is 13.9. The highest BCUT2D eigenvalue weighted by atomic mass is 16.5. The Bertz CT molecular complexity index is 1370. The number of hydrogen-bond donors (Lipinski definition) is 2. The van der Waals surface area contributed by atoms with Crippen LogP contribution >= 0.6 is 0 Å². The van der Waals surface area contributed by atoms with Gasteiger partial charge in [0.05, 0.1) is 11.1 Å². The van der Waals surface area contributed by atoms with E-state index in [1.54, 1.807) is 12.1 Å². The Labute approximate surface area is 210 Å². The fraction of sp³-hybridized carbons (Fsp3) is 0.233. The van der Waals surface area contributed by atoms with Crippen LogP contribution in [0.4, 0.5) is 0 Å². The number of carbonyl (C=O) groups is 1. The lowest BCUT2D eigenvalue weighted by atomic mass is 10.0. The third-order valence-electron chi connectivity index (χ3n) is 7.00. The molecule has 1 saturated heterocycles. The Hall–Kier alpha value is -3.87. The first kappa shape index (κ1) is 22.6. The van der Waals surface area contributed by atoms with Crippen molar-refractivity contribution in [2.45, 2.75) is 19.6 Å². The number of aromatic hydroxyl groups is 1. The van der Waals surface area contributed by atoms with Crippen molar-refractivity contribution in [1.82, 2.24) is 10.2 Å². The zero-order valence-corrected chi connectivity index (χ0v) is 20.0. The van der Waals surface area contributed by atoms with Crippen molar-refractivity contribution in [3.05, 3.63) is 106 Å². The average molecular weight is 481 g/mol. The molecule has 3 aromatic rings. The summed E-state index contributed by atoms with van der Waals surface area (Å²) in [7, 11) is 0. The van der Waals surface area contributed by atoms with E-state index in [0.717, 1.165) is 60.6 Å². The van der Waals surface area contributed by atoms with E-state index in [1.807, 2.05) is 48.5 Å². The van der Waals surface area contributed by atoms with Crippen LogP contribution in [0.2, 0.25) is 0 Å². The molecular weight excluding hydrogens is 452 g/mol. The number of carbonyl (C=O) groups excluding carboxylic acids is 1. The van der Waals surface area contributed by atoms with Crippen molar-refractivity contribution in [3.8, 4) is 17.2 Å². The molecule has 1 fully saturated rings. The van der Waals surface area contributed by atoms with Gasteiger partial charge in [-0.2, -0.15) is 0 Å². The topological polar surface area (TPSA) is 71.0 Å². The lowest BCUT2D eigenvalue weighted by Gasteiger charge is -2.27. The van der Waals surface area contributed by atoms with Gasteiger partial charge in [0.15, 0.2) is 5.76 Å². The van der Waals surface area contributed by atoms with Crippen LogP contribution in [-0.2, 0) is 19.6 Å². The molecule has 6 nitrogen and oxygen atoms in total. The zero-order valence-electron chi connectivity index (χ0n) is 20.0. The summed E-state index contributed by atoms with van der Waals surface area (Å²) in [6.07, 6.45) is 4.65. The molecule has 36 heavy (non-hydrogen) atoms. The van der Waals surface area contributed by atoms with Gasteiger partial charge in [-0.15, -0.1) is 0 Å². The number of fused-ring (bicyclic) bond motifs is 2. The number of hydrogen-bond acceptors (Lipinski definition) is 6. The van der Waals surface area contributed by atoms with Crippen molar-refractivity contribution in [1.29, 1.82) is 0 Å². The first-order valence-corrected chi connectivity index (χ1v) is 12.4. The van der Waals surface area contributed by atoms with Crippen molar-refractivity contribution in [2.24, 2.45) is 0 Å². The van der Waals surface area contributed by atoms with Crippen LogP contribution in [0.3, 0.4) is 0 Å². The van der Waals surface area contributed by atoms with Gasteiger partial charge in [-0.3, -0.25) is 9.69 Å². The third-order valence-corrected chi connectivity index (χ3v) is 7.00. The van der Waals surface area contributed by atoms with Gasteiger partial charge in [0.2, 0.25) is 5.78 Å². The molecule has 2 N–H and O–H groups in total. The van der Waals surface area contributed by atoms with E-state index in [2.05, 4.69) is 22.4 Å². The van der Waals surface area contributed by atoms with Crippen molar-refractivity contribution in [2.75, 3.05) is 26.2 Å². The molecule has 6 heteroatoms. The molecule has 0 radical (unpaired) electrons. The van der Waals surface area contributed by atoms with Crippen LogP contribution in [0.25, 0.3) is 5.57 Å². The van der Waals surface area contributed by atoms with E-state index < -0.39 is 0 Å². The number of phenols is 1. The van der Waals surface area contributed by atoms with E-state index in [4.69, 9.17) is 9.47 Å². The first-order valence-electron chi connectivity index (χ1n) is 12.4. The summed E-state index contributed by atoms with van der Waals surface area (Å²) in [4.78, 5) is 15.5. The normalized spacial score (nSPS) is 18.1. The minimum atomic E-state index is -0.155. The number of piperazine rings is 1. The lowest BCUT2D eigenvalue weighted by Crippen LogP contribution is -2.42. The Morgan fingerprint density at radius 2 is 1.83 bits per heavy atom. The monoisotopic (exact) mass is 480 g/mol. The number of nitrogens with one attached hydrogen (secondary N) is 1. The van der Waals surface area contributed by atoms with Gasteiger partial charge in [-0.1, -0.05) is 48.5 Å². The van der Waals surface area contributed by atoms with Gasteiger partial charge in [0.1, 0.15) is 23.9 Å².